The number of carboxylic acid groups (broad SMARTS) is 1. The third-order valence-electron chi connectivity index (χ3n) is 3.76. The molecule has 158 valence electrons. The quantitative estimate of drug-likeness (QED) is 0.436. The van der Waals surface area contributed by atoms with Gasteiger partial charge < -0.3 is 15.2 Å². The predicted molar refractivity (Wildman–Crippen MR) is 116 cm³/mol. The highest BCUT2D eigenvalue weighted by Gasteiger charge is 2.12. The van der Waals surface area contributed by atoms with Crippen LogP contribution in [0.1, 0.15) is 5.56 Å². The molecule has 3 aromatic rings. The molecule has 0 aliphatic rings. The fraction of sp³-hybridized carbons (Fsp3) is 0.136. The van der Waals surface area contributed by atoms with E-state index >= 15 is 0 Å². The number of ether oxygens (including phenoxy) is 1. The summed E-state index contributed by atoms with van der Waals surface area (Å²) in [6.45, 7) is 0.0280. The summed E-state index contributed by atoms with van der Waals surface area (Å²) in [6, 6.07) is 15.6. The Morgan fingerprint density at radius 1 is 1.10 bits per heavy atom. The maximum absolute atomic E-state index is 13.4. The van der Waals surface area contributed by atoms with Crippen molar-refractivity contribution in [1.82, 2.24) is 5.32 Å². The zero-order valence-electron chi connectivity index (χ0n) is 16.0. The van der Waals surface area contributed by atoms with Crippen molar-refractivity contribution in [3.63, 3.8) is 0 Å². The minimum absolute atomic E-state index is 0.257. The van der Waals surface area contributed by atoms with E-state index in [9.17, 15) is 13.6 Å². The van der Waals surface area contributed by atoms with Gasteiger partial charge in [0.05, 0.1) is 0 Å². The summed E-state index contributed by atoms with van der Waals surface area (Å²) in [4.78, 5) is 11.5. The second kappa shape index (κ2) is 11.5. The van der Waals surface area contributed by atoms with Crippen LogP contribution in [0.15, 0.2) is 65.6 Å². The molecule has 8 heteroatoms. The molecule has 0 atom stereocenters. The molecule has 0 saturated carbocycles. The lowest BCUT2D eigenvalue weighted by molar-refractivity contribution is -0.139. The summed E-state index contributed by atoms with van der Waals surface area (Å²) < 4.78 is 32.0. The summed E-state index contributed by atoms with van der Waals surface area (Å²) in [5, 5.41) is 12.4. The van der Waals surface area contributed by atoms with Gasteiger partial charge >= 0.3 is 5.97 Å². The molecular formula is C22H20ClF2NO3S. The SMILES string of the molecule is CNCc1ccc(OCC(=O)O)c(-c2cc(F)cc(F)c2)c1.Sc1cccc(Cl)c1. The van der Waals surface area contributed by atoms with Gasteiger partial charge in [0, 0.05) is 28.1 Å². The number of carboxylic acids is 1. The molecule has 0 heterocycles. The monoisotopic (exact) mass is 451 g/mol. The van der Waals surface area contributed by atoms with Crippen LogP contribution in [0.25, 0.3) is 11.1 Å². The van der Waals surface area contributed by atoms with Crippen LogP contribution in [0.5, 0.6) is 5.75 Å². The molecule has 0 spiro atoms. The second-order valence-corrected chi connectivity index (χ2v) is 7.13. The van der Waals surface area contributed by atoms with Gasteiger partial charge in [0.2, 0.25) is 0 Å². The van der Waals surface area contributed by atoms with Gasteiger partial charge in [-0.05, 0) is 60.6 Å². The highest BCUT2D eigenvalue weighted by atomic mass is 35.5. The maximum atomic E-state index is 13.4. The average Bonchev–Trinajstić information content (AvgIpc) is 2.66. The summed E-state index contributed by atoms with van der Waals surface area (Å²) in [7, 11) is 1.77. The summed E-state index contributed by atoms with van der Waals surface area (Å²) in [5.41, 5.74) is 1.60. The number of rotatable bonds is 6. The molecule has 0 aliphatic carbocycles. The Labute approximate surface area is 183 Å². The number of benzene rings is 3. The van der Waals surface area contributed by atoms with Crippen LogP contribution in [-0.4, -0.2) is 24.7 Å². The number of halogens is 3. The zero-order valence-corrected chi connectivity index (χ0v) is 17.7. The number of aliphatic carboxylic acids is 1. The number of hydrogen-bond donors (Lipinski definition) is 3. The molecule has 3 rings (SSSR count). The lowest BCUT2D eigenvalue weighted by atomic mass is 10.0. The summed E-state index contributed by atoms with van der Waals surface area (Å²) >= 11 is 9.67. The number of thiol groups is 1. The van der Waals surface area contributed by atoms with E-state index in [0.29, 0.717) is 12.1 Å². The molecule has 3 aromatic carbocycles. The fourth-order valence-corrected chi connectivity index (χ4v) is 3.06. The van der Waals surface area contributed by atoms with Gasteiger partial charge in [-0.3, -0.25) is 0 Å². The van der Waals surface area contributed by atoms with Crippen LogP contribution in [0.3, 0.4) is 0 Å². The molecule has 0 radical (unpaired) electrons. The van der Waals surface area contributed by atoms with Crippen molar-refractivity contribution in [3.8, 4) is 16.9 Å². The van der Waals surface area contributed by atoms with Gasteiger partial charge in [-0.25, -0.2) is 13.6 Å². The molecule has 0 amide bonds. The van der Waals surface area contributed by atoms with Gasteiger partial charge in [0.25, 0.3) is 0 Å². The van der Waals surface area contributed by atoms with Crippen molar-refractivity contribution in [2.24, 2.45) is 0 Å². The standard InChI is InChI=1S/C16H15F2NO3.C6H5ClS/c1-19-8-10-2-3-15(22-9-16(20)21)14(4-10)11-5-12(17)7-13(18)6-11;7-5-2-1-3-6(8)4-5/h2-7,19H,8-9H2,1H3,(H,20,21);1-4,8H. The Balaban J connectivity index is 0.000000335. The number of hydrogen-bond acceptors (Lipinski definition) is 4. The largest absolute Gasteiger partial charge is 0.481 e. The van der Waals surface area contributed by atoms with Gasteiger partial charge in [-0.2, -0.15) is 0 Å². The van der Waals surface area contributed by atoms with E-state index in [4.69, 9.17) is 21.4 Å². The molecule has 0 fully saturated rings. The first-order chi connectivity index (χ1) is 14.3. The predicted octanol–water partition coefficient (Wildman–Crippen LogP) is 5.44. The van der Waals surface area contributed by atoms with Crippen LogP contribution in [0.2, 0.25) is 5.02 Å². The van der Waals surface area contributed by atoms with Crippen LogP contribution in [-0.2, 0) is 11.3 Å². The molecular weight excluding hydrogens is 432 g/mol. The number of carbonyl (C=O) groups is 1. The maximum Gasteiger partial charge on any atom is 0.341 e. The Kier molecular flexibility index (Phi) is 9.11. The molecule has 0 unspecified atom stereocenters. The highest BCUT2D eigenvalue weighted by Crippen LogP contribution is 2.32. The molecule has 0 aromatic heterocycles. The summed E-state index contributed by atoms with van der Waals surface area (Å²) in [6.07, 6.45) is 0. The minimum Gasteiger partial charge on any atom is -0.481 e. The van der Waals surface area contributed by atoms with Crippen LogP contribution in [0, 0.1) is 11.6 Å². The lowest BCUT2D eigenvalue weighted by Crippen LogP contribution is -2.10. The van der Waals surface area contributed by atoms with E-state index in [-0.39, 0.29) is 11.3 Å². The Morgan fingerprint density at radius 3 is 2.33 bits per heavy atom. The van der Waals surface area contributed by atoms with Crippen molar-refractivity contribution >= 4 is 30.2 Å². The van der Waals surface area contributed by atoms with Gasteiger partial charge in [-0.15, -0.1) is 12.6 Å². The topological polar surface area (TPSA) is 58.6 Å². The van der Waals surface area contributed by atoms with Crippen molar-refractivity contribution in [2.75, 3.05) is 13.7 Å². The van der Waals surface area contributed by atoms with Crippen LogP contribution < -0.4 is 10.1 Å². The average molecular weight is 452 g/mol. The molecule has 4 nitrogen and oxygen atoms in total. The van der Waals surface area contributed by atoms with E-state index in [2.05, 4.69) is 17.9 Å². The second-order valence-electron chi connectivity index (χ2n) is 6.18. The van der Waals surface area contributed by atoms with Crippen LogP contribution >= 0.6 is 24.2 Å². The van der Waals surface area contributed by atoms with E-state index in [1.54, 1.807) is 31.3 Å². The molecule has 0 bridgehead atoms. The van der Waals surface area contributed by atoms with Crippen molar-refractivity contribution in [1.29, 1.82) is 0 Å². The van der Waals surface area contributed by atoms with Crippen molar-refractivity contribution in [3.05, 3.63) is 82.9 Å². The smallest absolute Gasteiger partial charge is 0.341 e. The fourth-order valence-electron chi connectivity index (χ4n) is 2.57. The first kappa shape index (κ1) is 23.7. The number of nitrogens with one attached hydrogen (secondary N) is 1. The molecule has 0 aliphatic heterocycles. The van der Waals surface area contributed by atoms with E-state index in [1.165, 1.54) is 12.1 Å². The van der Waals surface area contributed by atoms with E-state index in [1.807, 2.05) is 18.2 Å². The Hall–Kier alpha value is -2.61. The van der Waals surface area contributed by atoms with Crippen molar-refractivity contribution in [2.45, 2.75) is 11.4 Å². The molecule has 0 saturated heterocycles. The molecule has 30 heavy (non-hydrogen) atoms. The summed E-state index contributed by atoms with van der Waals surface area (Å²) in [5.74, 6) is -2.29. The first-order valence-electron chi connectivity index (χ1n) is 8.81. The molecule has 2 N–H and O–H groups in total. The third kappa shape index (κ3) is 7.67. The van der Waals surface area contributed by atoms with Crippen LogP contribution in [0.4, 0.5) is 8.78 Å². The van der Waals surface area contributed by atoms with Gasteiger partial charge in [0.1, 0.15) is 17.4 Å². The third-order valence-corrected chi connectivity index (χ3v) is 4.27. The highest BCUT2D eigenvalue weighted by molar-refractivity contribution is 7.80. The lowest BCUT2D eigenvalue weighted by Gasteiger charge is -2.13. The van der Waals surface area contributed by atoms with Crippen molar-refractivity contribution < 1.29 is 23.4 Å². The Bertz CT molecular complexity index is 980. The van der Waals surface area contributed by atoms with E-state index in [0.717, 1.165) is 21.5 Å². The Morgan fingerprint density at radius 2 is 1.80 bits per heavy atom. The zero-order chi connectivity index (χ0) is 22.1. The first-order valence-corrected chi connectivity index (χ1v) is 9.64. The normalized spacial score (nSPS) is 10.2. The van der Waals surface area contributed by atoms with Gasteiger partial charge in [-0.1, -0.05) is 23.7 Å². The minimum atomic E-state index is -1.13. The van der Waals surface area contributed by atoms with E-state index < -0.39 is 24.2 Å². The van der Waals surface area contributed by atoms with Gasteiger partial charge in [0.15, 0.2) is 6.61 Å².